The van der Waals surface area contributed by atoms with Crippen LogP contribution in [0.25, 0.3) is 0 Å². The van der Waals surface area contributed by atoms with Crippen LogP contribution >= 0.6 is 12.4 Å². The number of ether oxygens (including phenoxy) is 1. The molecule has 0 aliphatic heterocycles. The molecule has 0 bridgehead atoms. The quantitative estimate of drug-likeness (QED) is 0.934. The summed E-state index contributed by atoms with van der Waals surface area (Å²) in [6, 6.07) is 6.69. The van der Waals surface area contributed by atoms with E-state index in [-0.39, 0.29) is 18.3 Å². The van der Waals surface area contributed by atoms with Gasteiger partial charge in [0.15, 0.2) is 11.6 Å². The Kier molecular flexibility index (Phi) is 5.00. The Hall–Kier alpha value is -1.72. The molecule has 0 radical (unpaired) electrons. The van der Waals surface area contributed by atoms with Gasteiger partial charge < -0.3 is 10.5 Å². The number of nitrogens with zero attached hydrogens (tertiary/aromatic N) is 1. The van der Waals surface area contributed by atoms with E-state index in [2.05, 4.69) is 4.98 Å². The molecular weight excluding hydrogens is 262 g/mol. The van der Waals surface area contributed by atoms with Crippen molar-refractivity contribution in [3.05, 3.63) is 53.7 Å². The molecule has 6 heteroatoms. The Balaban J connectivity index is 0.00000162. The highest BCUT2D eigenvalue weighted by molar-refractivity contribution is 5.85. The zero-order valence-corrected chi connectivity index (χ0v) is 10.1. The van der Waals surface area contributed by atoms with Crippen molar-refractivity contribution in [1.29, 1.82) is 0 Å². The molecule has 0 spiro atoms. The van der Waals surface area contributed by atoms with Gasteiger partial charge in [0, 0.05) is 18.8 Å². The summed E-state index contributed by atoms with van der Waals surface area (Å²) in [6.45, 7) is 0.349. The molecule has 1 aromatic heterocycles. The minimum absolute atomic E-state index is 0. The molecule has 18 heavy (non-hydrogen) atoms. The first kappa shape index (κ1) is 14.3. The molecule has 3 nitrogen and oxygen atoms in total. The van der Waals surface area contributed by atoms with E-state index in [9.17, 15) is 8.78 Å². The summed E-state index contributed by atoms with van der Waals surface area (Å²) >= 11 is 0. The average Bonchev–Trinajstić information content (AvgIpc) is 2.35. The second-order valence-electron chi connectivity index (χ2n) is 3.36. The predicted octanol–water partition coefficient (Wildman–Crippen LogP) is 3.03. The molecule has 0 saturated carbocycles. The fourth-order valence-corrected chi connectivity index (χ4v) is 1.28. The van der Waals surface area contributed by atoms with Gasteiger partial charge in [-0.1, -0.05) is 12.1 Å². The first-order valence-corrected chi connectivity index (χ1v) is 4.97. The topological polar surface area (TPSA) is 48.1 Å². The number of benzene rings is 1. The maximum atomic E-state index is 13.3. The van der Waals surface area contributed by atoms with Crippen molar-refractivity contribution < 1.29 is 13.5 Å². The maximum Gasteiger partial charge on any atom is 0.219 e. The Morgan fingerprint density at radius 2 is 1.78 bits per heavy atom. The van der Waals surface area contributed by atoms with Gasteiger partial charge in [-0.05, 0) is 17.7 Å². The summed E-state index contributed by atoms with van der Waals surface area (Å²) in [4.78, 5) is 3.89. The number of hydrogen-bond acceptors (Lipinski definition) is 3. The van der Waals surface area contributed by atoms with E-state index in [1.807, 2.05) is 0 Å². The lowest BCUT2D eigenvalue weighted by Gasteiger charge is -2.06. The van der Waals surface area contributed by atoms with Crippen molar-refractivity contribution in [2.75, 3.05) is 0 Å². The molecule has 96 valence electrons. The molecule has 0 atom stereocenters. The van der Waals surface area contributed by atoms with Crippen molar-refractivity contribution >= 4 is 12.4 Å². The van der Waals surface area contributed by atoms with Crippen molar-refractivity contribution in [3.8, 4) is 11.6 Å². The van der Waals surface area contributed by atoms with Gasteiger partial charge in [0.25, 0.3) is 0 Å². The maximum absolute atomic E-state index is 13.3. The molecule has 0 aliphatic rings. The van der Waals surface area contributed by atoms with Crippen LogP contribution in [0.4, 0.5) is 8.78 Å². The highest BCUT2D eigenvalue weighted by Gasteiger charge is 2.11. The lowest BCUT2D eigenvalue weighted by molar-refractivity contribution is 0.395. The van der Waals surface area contributed by atoms with E-state index in [0.717, 1.165) is 17.7 Å². The number of para-hydroxylation sites is 1. The highest BCUT2D eigenvalue weighted by atomic mass is 35.5. The molecule has 0 fully saturated rings. The van der Waals surface area contributed by atoms with Gasteiger partial charge in [0.05, 0.1) is 0 Å². The second kappa shape index (κ2) is 6.28. The third kappa shape index (κ3) is 3.15. The fourth-order valence-electron chi connectivity index (χ4n) is 1.28. The Labute approximate surface area is 109 Å². The van der Waals surface area contributed by atoms with Crippen LogP contribution in [0, 0.1) is 11.6 Å². The zero-order chi connectivity index (χ0) is 12.3. The van der Waals surface area contributed by atoms with E-state index in [4.69, 9.17) is 10.5 Å². The van der Waals surface area contributed by atoms with Gasteiger partial charge in [-0.3, -0.25) is 0 Å². The normalized spacial score (nSPS) is 9.72. The molecule has 0 unspecified atom stereocenters. The van der Waals surface area contributed by atoms with Gasteiger partial charge in [-0.2, -0.15) is 0 Å². The molecule has 0 aliphatic carbocycles. The minimum Gasteiger partial charge on any atom is -0.433 e. The predicted molar refractivity (Wildman–Crippen MR) is 65.8 cm³/mol. The van der Waals surface area contributed by atoms with Crippen LogP contribution in [0.2, 0.25) is 0 Å². The molecule has 0 amide bonds. The smallest absolute Gasteiger partial charge is 0.219 e. The number of halogens is 3. The van der Waals surface area contributed by atoms with Crippen LogP contribution in [0.15, 0.2) is 36.5 Å². The molecular formula is C12H11ClF2N2O. The first-order valence-electron chi connectivity index (χ1n) is 4.97. The van der Waals surface area contributed by atoms with Gasteiger partial charge in [0.2, 0.25) is 11.6 Å². The van der Waals surface area contributed by atoms with Crippen molar-refractivity contribution in [1.82, 2.24) is 4.98 Å². The largest absolute Gasteiger partial charge is 0.433 e. The van der Waals surface area contributed by atoms with Crippen LogP contribution in [0.3, 0.4) is 0 Å². The van der Waals surface area contributed by atoms with Crippen LogP contribution in [0.1, 0.15) is 5.56 Å². The zero-order valence-electron chi connectivity index (χ0n) is 9.27. The third-order valence-corrected chi connectivity index (χ3v) is 2.16. The lowest BCUT2D eigenvalue weighted by atomic mass is 10.3. The van der Waals surface area contributed by atoms with Crippen LogP contribution in [-0.2, 0) is 6.54 Å². The molecule has 0 saturated heterocycles. The summed E-state index contributed by atoms with van der Waals surface area (Å²) in [5.74, 6) is -1.88. The Morgan fingerprint density at radius 3 is 2.28 bits per heavy atom. The van der Waals surface area contributed by atoms with Crippen molar-refractivity contribution in [3.63, 3.8) is 0 Å². The number of aromatic nitrogens is 1. The Bertz CT molecular complexity index is 500. The summed E-state index contributed by atoms with van der Waals surface area (Å²) in [5, 5.41) is 0. The fraction of sp³-hybridized carbons (Fsp3) is 0.0833. The van der Waals surface area contributed by atoms with E-state index >= 15 is 0 Å². The van der Waals surface area contributed by atoms with Crippen LogP contribution in [-0.4, -0.2) is 4.98 Å². The van der Waals surface area contributed by atoms with E-state index in [1.54, 1.807) is 6.07 Å². The molecule has 2 N–H and O–H groups in total. The van der Waals surface area contributed by atoms with Crippen LogP contribution in [0.5, 0.6) is 11.6 Å². The lowest BCUT2D eigenvalue weighted by Crippen LogP contribution is -1.98. The van der Waals surface area contributed by atoms with Gasteiger partial charge in [0.1, 0.15) is 0 Å². The Morgan fingerprint density at radius 1 is 1.11 bits per heavy atom. The van der Waals surface area contributed by atoms with Gasteiger partial charge in [-0.15, -0.1) is 12.4 Å². The summed E-state index contributed by atoms with van der Waals surface area (Å²) in [7, 11) is 0. The summed E-state index contributed by atoms with van der Waals surface area (Å²) < 4.78 is 31.6. The standard InChI is InChI=1S/C12H10F2N2O.ClH/c13-9-2-1-3-10(14)12(9)17-11-5-4-8(6-15)7-16-11;/h1-5,7H,6,15H2;1H. The van der Waals surface area contributed by atoms with Crippen molar-refractivity contribution in [2.24, 2.45) is 5.73 Å². The SMILES string of the molecule is Cl.NCc1ccc(Oc2c(F)cccc2F)nc1. The van der Waals surface area contributed by atoms with Gasteiger partial charge >= 0.3 is 0 Å². The molecule has 2 aromatic rings. The van der Waals surface area contributed by atoms with Crippen molar-refractivity contribution in [2.45, 2.75) is 6.54 Å². The summed E-state index contributed by atoms with van der Waals surface area (Å²) in [5.41, 5.74) is 6.21. The van der Waals surface area contributed by atoms with E-state index < -0.39 is 17.4 Å². The number of pyridine rings is 1. The van der Waals surface area contributed by atoms with Gasteiger partial charge in [-0.25, -0.2) is 13.8 Å². The van der Waals surface area contributed by atoms with Crippen LogP contribution < -0.4 is 10.5 Å². The number of rotatable bonds is 3. The van der Waals surface area contributed by atoms with E-state index in [1.165, 1.54) is 18.3 Å². The first-order chi connectivity index (χ1) is 8.20. The minimum atomic E-state index is -0.769. The molecule has 2 rings (SSSR count). The average molecular weight is 273 g/mol. The molecule has 1 heterocycles. The number of nitrogens with two attached hydrogens (primary N) is 1. The second-order valence-corrected chi connectivity index (χ2v) is 3.36. The molecule has 1 aromatic carbocycles. The number of hydrogen-bond donors (Lipinski definition) is 1. The highest BCUT2D eigenvalue weighted by Crippen LogP contribution is 2.25. The third-order valence-electron chi connectivity index (χ3n) is 2.16. The summed E-state index contributed by atoms with van der Waals surface area (Å²) in [6.07, 6.45) is 1.49. The monoisotopic (exact) mass is 272 g/mol. The van der Waals surface area contributed by atoms with E-state index in [0.29, 0.717) is 6.54 Å².